The summed E-state index contributed by atoms with van der Waals surface area (Å²) < 4.78 is 37.6. The molecule has 1 aliphatic carbocycles. The van der Waals surface area contributed by atoms with Crippen LogP contribution in [0.4, 0.5) is 13.2 Å². The molecule has 0 unspecified atom stereocenters. The second-order valence-electron chi connectivity index (χ2n) is 5.71. The fourth-order valence-corrected chi connectivity index (χ4v) is 3.03. The van der Waals surface area contributed by atoms with Crippen LogP contribution in [0.15, 0.2) is 11.6 Å². The highest BCUT2D eigenvalue weighted by atomic mass is 19.4. The van der Waals surface area contributed by atoms with Crippen LogP contribution in [0.2, 0.25) is 0 Å². The van der Waals surface area contributed by atoms with Crippen LogP contribution in [0, 0.1) is 11.8 Å². The van der Waals surface area contributed by atoms with Gasteiger partial charge in [0, 0.05) is 24.6 Å². The molecule has 1 aliphatic heterocycles. The zero-order valence-corrected chi connectivity index (χ0v) is 11.5. The third-order valence-corrected chi connectivity index (χ3v) is 4.41. The number of hydrogen-bond donors (Lipinski definition) is 1. The maximum atomic E-state index is 12.5. The number of nitrogens with zero attached hydrogens (tertiary/aromatic N) is 1. The Kier molecular flexibility index (Phi) is 4.73. The molecule has 6 heteroatoms. The number of nitrogens with two attached hydrogens (primary N) is 1. The van der Waals surface area contributed by atoms with Gasteiger partial charge in [-0.15, -0.1) is 0 Å². The molecule has 0 aromatic heterocycles. The maximum Gasteiger partial charge on any atom is 0.412 e. The molecule has 2 aliphatic rings. The number of carbonyl (C=O) groups excluding carboxylic acids is 1. The minimum absolute atomic E-state index is 0.0120. The normalized spacial score (nSPS) is 28.2. The predicted octanol–water partition coefficient (Wildman–Crippen LogP) is 2.47. The van der Waals surface area contributed by atoms with E-state index in [1.807, 2.05) is 0 Å². The Morgan fingerprint density at radius 1 is 1.30 bits per heavy atom. The number of hydrogen-bond acceptors (Lipinski definition) is 2. The highest BCUT2D eigenvalue weighted by Gasteiger charge is 2.36. The second-order valence-corrected chi connectivity index (χ2v) is 5.71. The molecule has 0 aromatic rings. The molecule has 20 heavy (non-hydrogen) atoms. The highest BCUT2D eigenvalue weighted by molar-refractivity contribution is 5.79. The lowest BCUT2D eigenvalue weighted by molar-refractivity contribution is -0.137. The number of halogens is 3. The lowest BCUT2D eigenvalue weighted by Gasteiger charge is -2.33. The summed E-state index contributed by atoms with van der Waals surface area (Å²) in [5.74, 6) is 0.480. The quantitative estimate of drug-likeness (QED) is 0.794. The van der Waals surface area contributed by atoms with Crippen molar-refractivity contribution in [3.8, 4) is 0 Å². The van der Waals surface area contributed by atoms with Gasteiger partial charge in [-0.25, -0.2) is 0 Å². The van der Waals surface area contributed by atoms with Gasteiger partial charge in [0.2, 0.25) is 5.91 Å². The van der Waals surface area contributed by atoms with Crippen LogP contribution in [0.25, 0.3) is 0 Å². The monoisotopic (exact) mass is 290 g/mol. The summed E-state index contributed by atoms with van der Waals surface area (Å²) in [5.41, 5.74) is 5.11. The molecule has 0 atom stereocenters. The van der Waals surface area contributed by atoms with Gasteiger partial charge < -0.3 is 10.6 Å². The van der Waals surface area contributed by atoms with Gasteiger partial charge in [0.1, 0.15) is 0 Å². The summed E-state index contributed by atoms with van der Waals surface area (Å²) in [6.45, 7) is 0.924. The van der Waals surface area contributed by atoms with Crippen molar-refractivity contribution in [3.05, 3.63) is 11.6 Å². The van der Waals surface area contributed by atoms with Crippen molar-refractivity contribution in [2.75, 3.05) is 19.6 Å². The first-order chi connectivity index (χ1) is 9.41. The molecule has 0 spiro atoms. The van der Waals surface area contributed by atoms with Crippen molar-refractivity contribution in [2.24, 2.45) is 17.6 Å². The van der Waals surface area contributed by atoms with Crippen LogP contribution in [0.1, 0.15) is 32.1 Å². The molecule has 2 rings (SSSR count). The lowest BCUT2D eigenvalue weighted by Crippen LogP contribution is -2.41. The van der Waals surface area contributed by atoms with Gasteiger partial charge in [-0.3, -0.25) is 4.79 Å². The molecule has 1 heterocycles. The Hall–Kier alpha value is -1.04. The molecule has 2 N–H and O–H groups in total. The van der Waals surface area contributed by atoms with E-state index in [1.54, 1.807) is 4.90 Å². The van der Waals surface area contributed by atoms with E-state index in [9.17, 15) is 18.0 Å². The van der Waals surface area contributed by atoms with E-state index < -0.39 is 11.7 Å². The average Bonchev–Trinajstić information content (AvgIpc) is 2.46. The van der Waals surface area contributed by atoms with Crippen molar-refractivity contribution in [2.45, 2.75) is 38.3 Å². The Labute approximate surface area is 117 Å². The van der Waals surface area contributed by atoms with E-state index in [4.69, 9.17) is 5.73 Å². The van der Waals surface area contributed by atoms with Crippen molar-refractivity contribution >= 4 is 5.91 Å². The van der Waals surface area contributed by atoms with Crippen LogP contribution in [0.5, 0.6) is 0 Å². The topological polar surface area (TPSA) is 46.3 Å². The summed E-state index contributed by atoms with van der Waals surface area (Å²) in [6.07, 6.45) is 0.323. The van der Waals surface area contributed by atoms with Crippen LogP contribution >= 0.6 is 0 Å². The number of rotatable bonds is 2. The minimum atomic E-state index is -4.26. The zero-order valence-electron chi connectivity index (χ0n) is 11.5. The van der Waals surface area contributed by atoms with Crippen LogP contribution in [0.3, 0.4) is 0 Å². The van der Waals surface area contributed by atoms with Gasteiger partial charge in [0.25, 0.3) is 0 Å². The van der Waals surface area contributed by atoms with E-state index in [0.717, 1.165) is 31.8 Å². The van der Waals surface area contributed by atoms with Crippen molar-refractivity contribution in [1.29, 1.82) is 0 Å². The highest BCUT2D eigenvalue weighted by Crippen LogP contribution is 2.33. The number of alkyl halides is 3. The van der Waals surface area contributed by atoms with Gasteiger partial charge >= 0.3 is 6.18 Å². The first-order valence-electron chi connectivity index (χ1n) is 7.17. The Morgan fingerprint density at radius 3 is 2.40 bits per heavy atom. The Bertz CT molecular complexity index is 384. The number of carbonyl (C=O) groups is 1. The fraction of sp³-hybridized carbons (Fsp3) is 0.786. The van der Waals surface area contributed by atoms with E-state index in [-0.39, 0.29) is 31.3 Å². The van der Waals surface area contributed by atoms with E-state index in [2.05, 4.69) is 0 Å². The first kappa shape index (κ1) is 15.4. The molecule has 0 aromatic carbocycles. The molecule has 1 amide bonds. The Morgan fingerprint density at radius 2 is 1.95 bits per heavy atom. The van der Waals surface area contributed by atoms with Gasteiger partial charge in [-0.1, -0.05) is 6.08 Å². The van der Waals surface area contributed by atoms with E-state index in [1.165, 1.54) is 0 Å². The standard InChI is InChI=1S/C14H21F3N2O/c15-14(16,17)12-5-7-19(8-6-12)13(20)11-3-1-10(9-18)2-4-11/h5,10-11H,1-4,6-9,18H2. The van der Waals surface area contributed by atoms with Gasteiger partial charge in [0.05, 0.1) is 0 Å². The van der Waals surface area contributed by atoms with Crippen molar-refractivity contribution in [1.82, 2.24) is 4.90 Å². The van der Waals surface area contributed by atoms with Gasteiger partial charge in [-0.2, -0.15) is 13.2 Å². The predicted molar refractivity (Wildman–Crippen MR) is 69.8 cm³/mol. The fourth-order valence-electron chi connectivity index (χ4n) is 3.03. The van der Waals surface area contributed by atoms with E-state index >= 15 is 0 Å². The third-order valence-electron chi connectivity index (χ3n) is 4.41. The molecule has 114 valence electrons. The Balaban J connectivity index is 1.88. The van der Waals surface area contributed by atoms with Crippen molar-refractivity contribution < 1.29 is 18.0 Å². The van der Waals surface area contributed by atoms with Crippen molar-refractivity contribution in [3.63, 3.8) is 0 Å². The lowest BCUT2D eigenvalue weighted by atomic mass is 9.81. The molecular weight excluding hydrogens is 269 g/mol. The SMILES string of the molecule is NCC1CCC(C(=O)N2CC=C(C(F)(F)F)CC2)CC1. The van der Waals surface area contributed by atoms with Crippen LogP contribution < -0.4 is 5.73 Å². The summed E-state index contributed by atoms with van der Waals surface area (Å²) in [5, 5.41) is 0. The third kappa shape index (κ3) is 3.53. The van der Waals surface area contributed by atoms with E-state index in [0.29, 0.717) is 12.5 Å². The smallest absolute Gasteiger partial charge is 0.338 e. The molecule has 1 saturated carbocycles. The molecule has 0 bridgehead atoms. The summed E-state index contributed by atoms with van der Waals surface area (Å²) in [4.78, 5) is 13.8. The second kappa shape index (κ2) is 6.16. The molecular formula is C14H21F3N2O. The molecule has 0 saturated heterocycles. The maximum absolute atomic E-state index is 12.5. The molecule has 0 radical (unpaired) electrons. The summed E-state index contributed by atoms with van der Waals surface area (Å²) >= 11 is 0. The zero-order chi connectivity index (χ0) is 14.8. The number of amides is 1. The molecule has 3 nitrogen and oxygen atoms in total. The minimum Gasteiger partial charge on any atom is -0.338 e. The summed E-state index contributed by atoms with van der Waals surface area (Å²) in [6, 6.07) is 0. The summed E-state index contributed by atoms with van der Waals surface area (Å²) in [7, 11) is 0. The molecule has 1 fully saturated rings. The van der Waals surface area contributed by atoms with Gasteiger partial charge in [0.15, 0.2) is 0 Å². The van der Waals surface area contributed by atoms with Gasteiger partial charge in [-0.05, 0) is 44.6 Å². The average molecular weight is 290 g/mol. The van der Waals surface area contributed by atoms with Crippen LogP contribution in [-0.4, -0.2) is 36.6 Å². The first-order valence-corrected chi connectivity index (χ1v) is 7.17. The largest absolute Gasteiger partial charge is 0.412 e. The van der Waals surface area contributed by atoms with Crippen LogP contribution in [-0.2, 0) is 4.79 Å².